The van der Waals surface area contributed by atoms with E-state index in [-0.39, 0.29) is 17.6 Å². The zero-order chi connectivity index (χ0) is 28.8. The van der Waals surface area contributed by atoms with Crippen LogP contribution < -0.4 is 5.32 Å². The van der Waals surface area contributed by atoms with E-state index in [9.17, 15) is 4.79 Å². The van der Waals surface area contributed by atoms with Gasteiger partial charge in [-0.1, -0.05) is 164 Å². The van der Waals surface area contributed by atoms with Crippen molar-refractivity contribution in [2.24, 2.45) is 16.7 Å². The van der Waals surface area contributed by atoms with Crippen molar-refractivity contribution in [2.45, 2.75) is 202 Å². The molecule has 0 spiro atoms. The third-order valence-corrected chi connectivity index (χ3v) is 9.50. The summed E-state index contributed by atoms with van der Waals surface area (Å²) >= 11 is 0. The summed E-state index contributed by atoms with van der Waals surface area (Å²) < 4.78 is 5.89. The predicted octanol–water partition coefficient (Wildman–Crippen LogP) is 12.2. The molecule has 3 unspecified atom stereocenters. The number of carbonyl (C=O) groups excluding carboxylic acids is 1. The number of nitrogens with one attached hydrogen (secondary N) is 1. The maximum absolute atomic E-state index is 12.8. The highest BCUT2D eigenvalue weighted by Gasteiger charge is 2.40. The minimum atomic E-state index is -0.180. The SMILES string of the molecule is CCCCCCCCCCCCC(CCCCCCCCCC)COC(=O)NC1CC(C)(C)CC(C)(CC)C1. The van der Waals surface area contributed by atoms with E-state index < -0.39 is 0 Å². The summed E-state index contributed by atoms with van der Waals surface area (Å²) in [4.78, 5) is 12.8. The second kappa shape index (κ2) is 21.9. The van der Waals surface area contributed by atoms with E-state index in [0.29, 0.717) is 17.9 Å². The number of unbranched alkanes of at least 4 members (excludes halogenated alkanes) is 16. The molecule has 1 aliphatic rings. The van der Waals surface area contributed by atoms with E-state index in [1.807, 2.05) is 0 Å². The molecular formula is C36H71NO2. The topological polar surface area (TPSA) is 38.3 Å². The molecule has 0 heterocycles. The Bertz CT molecular complexity index is 589. The van der Waals surface area contributed by atoms with Gasteiger partial charge < -0.3 is 10.1 Å². The van der Waals surface area contributed by atoms with Crippen LogP contribution in [0.2, 0.25) is 0 Å². The van der Waals surface area contributed by atoms with Gasteiger partial charge >= 0.3 is 6.09 Å². The van der Waals surface area contributed by atoms with Gasteiger partial charge in [0.05, 0.1) is 6.61 Å². The van der Waals surface area contributed by atoms with E-state index in [4.69, 9.17) is 4.74 Å². The van der Waals surface area contributed by atoms with Crippen LogP contribution in [-0.2, 0) is 4.74 Å². The van der Waals surface area contributed by atoms with E-state index >= 15 is 0 Å². The number of carbonyl (C=O) groups is 1. The summed E-state index contributed by atoms with van der Waals surface area (Å²) in [5.41, 5.74) is 0.587. The molecule has 3 atom stereocenters. The van der Waals surface area contributed by atoms with Crippen molar-refractivity contribution in [3.05, 3.63) is 0 Å². The first-order valence-corrected chi connectivity index (χ1v) is 17.7. The fraction of sp³-hybridized carbons (Fsp3) is 0.972. The third kappa shape index (κ3) is 19.1. The predicted molar refractivity (Wildman–Crippen MR) is 171 cm³/mol. The van der Waals surface area contributed by atoms with Crippen LogP contribution in [0.5, 0.6) is 0 Å². The van der Waals surface area contributed by atoms with Crippen molar-refractivity contribution in [3.63, 3.8) is 0 Å². The first-order valence-electron chi connectivity index (χ1n) is 17.7. The highest BCUT2D eigenvalue weighted by molar-refractivity contribution is 5.67. The molecule has 0 radical (unpaired) electrons. The van der Waals surface area contributed by atoms with E-state index in [1.165, 1.54) is 141 Å². The molecule has 0 aromatic heterocycles. The summed E-state index contributed by atoms with van der Waals surface area (Å²) in [6.45, 7) is 14.6. The summed E-state index contributed by atoms with van der Waals surface area (Å²) in [5, 5.41) is 3.27. The maximum atomic E-state index is 12.8. The molecule has 1 saturated carbocycles. The summed E-state index contributed by atoms with van der Waals surface area (Å²) in [6, 6.07) is 0.235. The third-order valence-electron chi connectivity index (χ3n) is 9.50. The van der Waals surface area contributed by atoms with Crippen LogP contribution in [0, 0.1) is 16.7 Å². The fourth-order valence-corrected chi connectivity index (χ4v) is 7.21. The van der Waals surface area contributed by atoms with Crippen molar-refractivity contribution in [1.29, 1.82) is 0 Å². The second-order valence-corrected chi connectivity index (χ2v) is 14.5. The summed E-state index contributed by atoms with van der Waals surface area (Å²) in [7, 11) is 0. The van der Waals surface area contributed by atoms with Crippen LogP contribution >= 0.6 is 0 Å². The van der Waals surface area contributed by atoms with Crippen LogP contribution in [0.3, 0.4) is 0 Å². The first kappa shape index (κ1) is 36.3. The van der Waals surface area contributed by atoms with Gasteiger partial charge in [-0.25, -0.2) is 4.79 Å². The lowest BCUT2D eigenvalue weighted by Crippen LogP contribution is -2.47. The van der Waals surface area contributed by atoms with Crippen molar-refractivity contribution in [3.8, 4) is 0 Å². The van der Waals surface area contributed by atoms with Crippen LogP contribution in [-0.4, -0.2) is 18.7 Å². The molecule has 0 aromatic rings. The molecule has 0 aliphatic heterocycles. The van der Waals surface area contributed by atoms with Gasteiger partial charge in [0.25, 0.3) is 0 Å². The Morgan fingerprint density at radius 2 is 1.13 bits per heavy atom. The number of rotatable bonds is 24. The zero-order valence-electron chi connectivity index (χ0n) is 27.6. The normalized spacial score (nSPS) is 21.5. The first-order chi connectivity index (χ1) is 18.7. The standard InChI is InChI=1S/C36H71NO2/c1-7-10-12-14-16-18-19-21-23-25-27-32(26-24-22-20-17-15-13-11-8-2)30-39-34(38)37-33-28-35(4,5)31-36(6,9-3)29-33/h32-33H,7-31H2,1-6H3,(H,37,38). The molecule has 232 valence electrons. The Morgan fingerprint density at radius 1 is 0.692 bits per heavy atom. The van der Waals surface area contributed by atoms with Crippen LogP contribution in [0.15, 0.2) is 0 Å². The van der Waals surface area contributed by atoms with Crippen LogP contribution in [0.25, 0.3) is 0 Å². The Labute approximate surface area is 245 Å². The molecule has 1 N–H and O–H groups in total. The minimum Gasteiger partial charge on any atom is -0.449 e. The number of ether oxygens (including phenoxy) is 1. The minimum absolute atomic E-state index is 0.180. The molecule has 0 bridgehead atoms. The Morgan fingerprint density at radius 3 is 1.56 bits per heavy atom. The van der Waals surface area contributed by atoms with Gasteiger partial charge in [0.15, 0.2) is 0 Å². The molecule has 1 amide bonds. The molecule has 1 fully saturated rings. The van der Waals surface area contributed by atoms with Crippen molar-refractivity contribution < 1.29 is 9.53 Å². The molecule has 39 heavy (non-hydrogen) atoms. The number of hydrogen-bond acceptors (Lipinski definition) is 2. The molecule has 1 rings (SSSR count). The number of alkyl carbamates (subject to hydrolysis) is 1. The molecular weight excluding hydrogens is 478 g/mol. The van der Waals surface area contributed by atoms with Gasteiger partial charge in [0.1, 0.15) is 0 Å². The lowest BCUT2D eigenvalue weighted by atomic mass is 9.62. The van der Waals surface area contributed by atoms with Crippen LogP contribution in [0.4, 0.5) is 4.79 Å². The van der Waals surface area contributed by atoms with E-state index in [2.05, 4.69) is 46.9 Å². The van der Waals surface area contributed by atoms with Gasteiger partial charge in [0.2, 0.25) is 0 Å². The Kier molecular flexibility index (Phi) is 20.4. The Hall–Kier alpha value is -0.730. The monoisotopic (exact) mass is 550 g/mol. The fourth-order valence-electron chi connectivity index (χ4n) is 7.21. The molecule has 1 aliphatic carbocycles. The quantitative estimate of drug-likeness (QED) is 0.122. The highest BCUT2D eigenvalue weighted by atomic mass is 16.5. The largest absolute Gasteiger partial charge is 0.449 e. The maximum Gasteiger partial charge on any atom is 0.407 e. The summed E-state index contributed by atoms with van der Waals surface area (Å²) in [6.07, 6.45) is 31.4. The van der Waals surface area contributed by atoms with Gasteiger partial charge in [-0.2, -0.15) is 0 Å². The van der Waals surface area contributed by atoms with Crippen molar-refractivity contribution in [1.82, 2.24) is 5.32 Å². The van der Waals surface area contributed by atoms with Gasteiger partial charge in [-0.05, 0) is 48.9 Å². The Balaban J connectivity index is 2.38. The van der Waals surface area contributed by atoms with Crippen LogP contribution in [0.1, 0.15) is 196 Å². The van der Waals surface area contributed by atoms with Crippen molar-refractivity contribution >= 4 is 6.09 Å². The zero-order valence-corrected chi connectivity index (χ0v) is 27.6. The number of hydrogen-bond donors (Lipinski definition) is 1. The highest BCUT2D eigenvalue weighted by Crippen LogP contribution is 2.47. The molecule has 0 aromatic carbocycles. The summed E-state index contributed by atoms with van der Waals surface area (Å²) in [5.74, 6) is 0.522. The van der Waals surface area contributed by atoms with Crippen molar-refractivity contribution in [2.75, 3.05) is 6.61 Å². The lowest BCUT2D eigenvalue weighted by molar-refractivity contribution is 0.0599. The number of amides is 1. The molecule has 0 saturated heterocycles. The second-order valence-electron chi connectivity index (χ2n) is 14.5. The van der Waals surface area contributed by atoms with E-state index in [0.717, 1.165) is 12.8 Å². The average Bonchev–Trinajstić information content (AvgIpc) is 2.88. The molecule has 3 nitrogen and oxygen atoms in total. The average molecular weight is 550 g/mol. The van der Waals surface area contributed by atoms with E-state index in [1.54, 1.807) is 0 Å². The smallest absolute Gasteiger partial charge is 0.407 e. The van der Waals surface area contributed by atoms with Gasteiger partial charge in [0, 0.05) is 6.04 Å². The molecule has 3 heteroatoms. The lowest BCUT2D eigenvalue weighted by Gasteiger charge is -2.46. The van der Waals surface area contributed by atoms with Gasteiger partial charge in [-0.15, -0.1) is 0 Å². The van der Waals surface area contributed by atoms with Gasteiger partial charge in [-0.3, -0.25) is 0 Å².